The number of hydrogen-bond donors (Lipinski definition) is 3. The topological polar surface area (TPSA) is 104 Å². The van der Waals surface area contributed by atoms with E-state index in [-0.39, 0.29) is 6.04 Å². The van der Waals surface area contributed by atoms with E-state index in [2.05, 4.69) is 71.9 Å². The van der Waals surface area contributed by atoms with E-state index in [1.54, 1.807) is 18.7 Å². The predicted molar refractivity (Wildman–Crippen MR) is 150 cm³/mol. The largest absolute Gasteiger partial charge is 0.492 e. The molecule has 1 aromatic heterocycles. The van der Waals surface area contributed by atoms with Crippen molar-refractivity contribution in [1.82, 2.24) is 20.3 Å². The summed E-state index contributed by atoms with van der Waals surface area (Å²) in [6.45, 7) is 12.9. The van der Waals surface area contributed by atoms with Crippen molar-refractivity contribution in [2.75, 3.05) is 11.5 Å². The van der Waals surface area contributed by atoms with Gasteiger partial charge in [0, 0.05) is 41.8 Å². The van der Waals surface area contributed by atoms with E-state index in [1.165, 1.54) is 6.42 Å². The summed E-state index contributed by atoms with van der Waals surface area (Å²) in [6.07, 6.45) is 17.8. The average molecular weight is 502 g/mol. The minimum absolute atomic E-state index is 0.145. The Hall–Kier alpha value is -3.80. The van der Waals surface area contributed by atoms with Crippen molar-refractivity contribution >= 4 is 11.3 Å². The molecule has 1 aromatic carbocycles. The number of rotatable bonds is 11. The molecule has 196 valence electrons. The standard InChI is InChI=1S/C24H28N6O.C5H11N/c1-18(16-25)23-15-22(31-14-13-29-12-11-27-17-29)9-10-24(23)30(20-3-2-4-20)21-7-5-19(28-26)6-8-21;1-4-6-5(2)3/h5,7-12,15,17,19-20,28H,1-4,6,13-14,26H2;4-6H,1H2,2-3H3. The minimum atomic E-state index is 0.145. The number of anilines is 1. The van der Waals surface area contributed by atoms with Gasteiger partial charge in [0.15, 0.2) is 0 Å². The SMILES string of the molecule is C=C(C#N)c1cc(OCCn2ccnc2)ccc1N(C1=CCC(NN)C=C1)C1CCC1.C=CNC(C)C. The third-order valence-corrected chi connectivity index (χ3v) is 6.33. The van der Waals surface area contributed by atoms with E-state index < -0.39 is 0 Å². The number of nitriles is 1. The number of nitrogens with one attached hydrogen (secondary N) is 2. The molecule has 4 N–H and O–H groups in total. The summed E-state index contributed by atoms with van der Waals surface area (Å²) >= 11 is 0. The lowest BCUT2D eigenvalue weighted by molar-refractivity contribution is 0.298. The number of allylic oxidation sites excluding steroid dienone is 2. The van der Waals surface area contributed by atoms with Gasteiger partial charge in [-0.3, -0.25) is 11.3 Å². The summed E-state index contributed by atoms with van der Waals surface area (Å²) in [5.41, 5.74) is 6.18. The monoisotopic (exact) mass is 501 g/mol. The van der Waals surface area contributed by atoms with Gasteiger partial charge in [-0.1, -0.05) is 25.3 Å². The van der Waals surface area contributed by atoms with Crippen molar-refractivity contribution in [2.45, 2.75) is 64.2 Å². The Balaban J connectivity index is 0.000000568. The molecule has 1 fully saturated rings. The van der Waals surface area contributed by atoms with Crippen molar-refractivity contribution < 1.29 is 4.74 Å². The number of imidazole rings is 1. The number of hydrazine groups is 1. The highest BCUT2D eigenvalue weighted by Crippen LogP contribution is 2.39. The zero-order valence-corrected chi connectivity index (χ0v) is 21.9. The highest BCUT2D eigenvalue weighted by Gasteiger charge is 2.30. The molecule has 1 unspecified atom stereocenters. The first-order valence-corrected chi connectivity index (χ1v) is 12.8. The molecular formula is C29H39N7O. The Labute approximate surface area is 220 Å². The Morgan fingerprint density at radius 2 is 2.22 bits per heavy atom. The van der Waals surface area contributed by atoms with Gasteiger partial charge in [0.05, 0.1) is 30.2 Å². The summed E-state index contributed by atoms with van der Waals surface area (Å²) in [7, 11) is 0. The van der Waals surface area contributed by atoms with Crippen LogP contribution in [0.3, 0.4) is 0 Å². The zero-order valence-electron chi connectivity index (χ0n) is 21.9. The van der Waals surface area contributed by atoms with Gasteiger partial charge in [0.1, 0.15) is 12.4 Å². The van der Waals surface area contributed by atoms with E-state index in [4.69, 9.17) is 10.6 Å². The van der Waals surface area contributed by atoms with Crippen molar-refractivity contribution in [3.63, 3.8) is 0 Å². The fourth-order valence-electron chi connectivity index (χ4n) is 4.14. The van der Waals surface area contributed by atoms with E-state index in [9.17, 15) is 5.26 Å². The maximum atomic E-state index is 9.60. The third-order valence-electron chi connectivity index (χ3n) is 6.33. The van der Waals surface area contributed by atoms with Crippen LogP contribution in [0.1, 0.15) is 45.1 Å². The van der Waals surface area contributed by atoms with Crippen molar-refractivity contribution in [2.24, 2.45) is 5.84 Å². The van der Waals surface area contributed by atoms with Crippen molar-refractivity contribution in [1.29, 1.82) is 5.26 Å². The lowest BCUT2D eigenvalue weighted by Gasteiger charge is -2.41. The molecule has 8 heteroatoms. The molecule has 1 heterocycles. The van der Waals surface area contributed by atoms with Crippen LogP contribution in [0.4, 0.5) is 5.69 Å². The van der Waals surface area contributed by atoms with Gasteiger partial charge in [-0.25, -0.2) is 4.98 Å². The maximum absolute atomic E-state index is 9.60. The van der Waals surface area contributed by atoms with Gasteiger partial charge in [-0.05, 0) is 70.0 Å². The normalized spacial score (nSPS) is 16.5. The van der Waals surface area contributed by atoms with Gasteiger partial charge >= 0.3 is 0 Å². The Morgan fingerprint density at radius 1 is 1.41 bits per heavy atom. The number of aromatic nitrogens is 2. The zero-order chi connectivity index (χ0) is 26.6. The first kappa shape index (κ1) is 27.8. The maximum Gasteiger partial charge on any atom is 0.120 e. The van der Waals surface area contributed by atoms with Crippen LogP contribution >= 0.6 is 0 Å². The number of nitrogens with two attached hydrogens (primary N) is 1. The molecule has 2 aliphatic rings. The molecule has 4 rings (SSSR count). The summed E-state index contributed by atoms with van der Waals surface area (Å²) < 4.78 is 7.92. The van der Waals surface area contributed by atoms with Crippen LogP contribution in [-0.2, 0) is 6.54 Å². The fraction of sp³-hybridized carbons (Fsp3) is 0.379. The fourth-order valence-corrected chi connectivity index (χ4v) is 4.14. The molecule has 0 saturated heterocycles. The van der Waals surface area contributed by atoms with Crippen LogP contribution in [0.15, 0.2) is 80.2 Å². The van der Waals surface area contributed by atoms with Gasteiger partial charge in [-0.2, -0.15) is 5.26 Å². The van der Waals surface area contributed by atoms with Crippen molar-refractivity contribution in [3.05, 3.63) is 85.8 Å². The molecule has 1 atom stereocenters. The number of hydrogen-bond acceptors (Lipinski definition) is 7. The molecule has 0 radical (unpaired) electrons. The van der Waals surface area contributed by atoms with Crippen molar-refractivity contribution in [3.8, 4) is 11.8 Å². The Bertz CT molecular complexity index is 1120. The molecule has 2 aliphatic carbocycles. The van der Waals surface area contributed by atoms with Crippen LogP contribution in [-0.4, -0.2) is 34.3 Å². The molecule has 0 spiro atoms. The van der Waals surface area contributed by atoms with E-state index in [0.717, 1.165) is 42.0 Å². The molecule has 37 heavy (non-hydrogen) atoms. The van der Waals surface area contributed by atoms with Crippen LogP contribution in [0.2, 0.25) is 0 Å². The molecule has 0 amide bonds. The second-order valence-corrected chi connectivity index (χ2v) is 9.40. The van der Waals surface area contributed by atoms with E-state index in [1.807, 2.05) is 29.0 Å². The molecular weight excluding hydrogens is 462 g/mol. The highest BCUT2D eigenvalue weighted by atomic mass is 16.5. The van der Waals surface area contributed by atoms with Crippen LogP contribution in [0.5, 0.6) is 5.75 Å². The molecule has 1 saturated carbocycles. The number of benzene rings is 1. The van der Waals surface area contributed by atoms with Gasteiger partial charge in [-0.15, -0.1) is 0 Å². The summed E-state index contributed by atoms with van der Waals surface area (Å²) in [5, 5.41) is 12.6. The third kappa shape index (κ3) is 7.84. The quantitative estimate of drug-likeness (QED) is 0.234. The van der Waals surface area contributed by atoms with E-state index in [0.29, 0.717) is 30.8 Å². The molecule has 8 nitrogen and oxygen atoms in total. The predicted octanol–water partition coefficient (Wildman–Crippen LogP) is 4.66. The summed E-state index contributed by atoms with van der Waals surface area (Å²) in [6, 6.07) is 9.26. The van der Waals surface area contributed by atoms with Gasteiger partial charge in [0.25, 0.3) is 0 Å². The summed E-state index contributed by atoms with van der Waals surface area (Å²) in [5.74, 6) is 6.32. The smallest absolute Gasteiger partial charge is 0.120 e. The molecule has 0 bridgehead atoms. The first-order valence-electron chi connectivity index (χ1n) is 12.8. The second-order valence-electron chi connectivity index (χ2n) is 9.40. The average Bonchev–Trinajstić information content (AvgIpc) is 3.40. The number of ether oxygens (including phenoxy) is 1. The summed E-state index contributed by atoms with van der Waals surface area (Å²) in [4.78, 5) is 6.39. The molecule has 2 aromatic rings. The second kappa shape index (κ2) is 14.1. The van der Waals surface area contributed by atoms with Gasteiger partial charge < -0.3 is 19.5 Å². The van der Waals surface area contributed by atoms with Crippen LogP contribution < -0.4 is 26.2 Å². The Kier molecular flexibility index (Phi) is 10.6. The van der Waals surface area contributed by atoms with Gasteiger partial charge in [0.2, 0.25) is 0 Å². The van der Waals surface area contributed by atoms with Crippen LogP contribution in [0, 0.1) is 11.3 Å². The molecule has 0 aliphatic heterocycles. The van der Waals surface area contributed by atoms with E-state index >= 15 is 0 Å². The lowest BCUT2D eigenvalue weighted by Crippen LogP contribution is -2.41. The first-order chi connectivity index (χ1) is 18.0. The highest BCUT2D eigenvalue weighted by molar-refractivity contribution is 5.85. The number of nitrogens with zero attached hydrogens (tertiary/aromatic N) is 4. The minimum Gasteiger partial charge on any atom is -0.492 e. The lowest BCUT2D eigenvalue weighted by atomic mass is 9.88. The Morgan fingerprint density at radius 3 is 2.73 bits per heavy atom. The van der Waals surface area contributed by atoms with Crippen LogP contribution in [0.25, 0.3) is 5.57 Å².